The van der Waals surface area contributed by atoms with Gasteiger partial charge in [0, 0.05) is 15.4 Å². The van der Waals surface area contributed by atoms with Crippen LogP contribution in [0.15, 0.2) is 53.0 Å². The van der Waals surface area contributed by atoms with E-state index in [1.165, 1.54) is 12.1 Å². The van der Waals surface area contributed by atoms with Crippen molar-refractivity contribution >= 4 is 44.3 Å². The summed E-state index contributed by atoms with van der Waals surface area (Å²) >= 11 is 3.30. The van der Waals surface area contributed by atoms with Gasteiger partial charge < -0.3 is 5.11 Å². The van der Waals surface area contributed by atoms with Gasteiger partial charge in [-0.3, -0.25) is 4.79 Å². The van der Waals surface area contributed by atoms with Crippen LogP contribution in [0.25, 0.3) is 22.6 Å². The maximum atomic E-state index is 12.5. The Balaban J connectivity index is 1.80. The minimum absolute atomic E-state index is 0.0636. The van der Waals surface area contributed by atoms with Crippen LogP contribution in [0.5, 0.6) is 5.75 Å². The summed E-state index contributed by atoms with van der Waals surface area (Å²) in [5.41, 5.74) is 3.52. The number of carbonyl (C=O) groups excluding carboxylic acids is 1. The van der Waals surface area contributed by atoms with Gasteiger partial charge in [-0.15, -0.1) is 5.10 Å². The number of rotatable bonds is 3. The van der Waals surface area contributed by atoms with Crippen LogP contribution in [0.3, 0.4) is 0 Å². The number of pyridine rings is 1. The molecule has 0 radical (unpaired) electrons. The summed E-state index contributed by atoms with van der Waals surface area (Å²) < 4.78 is 2.37. The average Bonchev–Trinajstić information content (AvgIpc) is 3.11. The fourth-order valence-corrected chi connectivity index (χ4v) is 3.19. The molecule has 0 atom stereocenters. The summed E-state index contributed by atoms with van der Waals surface area (Å²) in [6.45, 7) is 2.01. The number of aromatic nitrogens is 4. The van der Waals surface area contributed by atoms with Gasteiger partial charge in [-0.2, -0.15) is 4.52 Å². The number of fused-ring (bicyclic) bond motifs is 3. The predicted octanol–water partition coefficient (Wildman–Crippen LogP) is 3.95. The molecule has 0 aliphatic rings. The van der Waals surface area contributed by atoms with Crippen LogP contribution in [0.4, 0.5) is 0 Å². The Morgan fingerprint density at radius 3 is 2.88 bits per heavy atom. The van der Waals surface area contributed by atoms with Crippen molar-refractivity contribution < 1.29 is 9.90 Å². The number of hydrogen-bond acceptors (Lipinski definition) is 5. The Labute approximate surface area is 156 Å². The molecule has 0 spiro atoms. The Bertz CT molecular complexity index is 1200. The molecule has 0 amide bonds. The molecule has 0 saturated carbocycles. The Kier molecular flexibility index (Phi) is 4.00. The van der Waals surface area contributed by atoms with E-state index in [4.69, 9.17) is 0 Å². The van der Waals surface area contributed by atoms with Crippen LogP contribution in [-0.2, 0) is 0 Å². The zero-order valence-electron chi connectivity index (χ0n) is 13.7. The minimum atomic E-state index is -0.307. The highest BCUT2D eigenvalue weighted by Crippen LogP contribution is 2.24. The van der Waals surface area contributed by atoms with E-state index < -0.39 is 0 Å². The Morgan fingerprint density at radius 1 is 1.19 bits per heavy atom. The lowest BCUT2D eigenvalue weighted by molar-refractivity contribution is 0.104. The van der Waals surface area contributed by atoms with Crippen LogP contribution < -0.4 is 0 Å². The second kappa shape index (κ2) is 6.34. The first kappa shape index (κ1) is 16.4. The van der Waals surface area contributed by atoms with E-state index in [1.54, 1.807) is 22.7 Å². The van der Waals surface area contributed by atoms with Crippen LogP contribution in [0.2, 0.25) is 0 Å². The lowest BCUT2D eigenvalue weighted by atomic mass is 10.1. The van der Waals surface area contributed by atoms with Gasteiger partial charge >= 0.3 is 0 Å². The summed E-state index contributed by atoms with van der Waals surface area (Å²) in [6, 6.07) is 12.7. The fourth-order valence-electron chi connectivity index (χ4n) is 2.83. The second-order valence-corrected chi connectivity index (χ2v) is 6.85. The summed E-state index contributed by atoms with van der Waals surface area (Å²) in [5.74, 6) is -0.370. The van der Waals surface area contributed by atoms with Gasteiger partial charge in [0.2, 0.25) is 0 Å². The summed E-state index contributed by atoms with van der Waals surface area (Å²) in [4.78, 5) is 12.5. The van der Waals surface area contributed by atoms with E-state index in [9.17, 15) is 9.90 Å². The highest BCUT2D eigenvalue weighted by molar-refractivity contribution is 9.10. The van der Waals surface area contributed by atoms with E-state index in [0.717, 1.165) is 26.5 Å². The summed E-state index contributed by atoms with van der Waals surface area (Å²) in [5, 5.41) is 22.7. The van der Waals surface area contributed by atoms with E-state index in [2.05, 4.69) is 31.5 Å². The third kappa shape index (κ3) is 2.86. The molecule has 0 saturated heterocycles. The van der Waals surface area contributed by atoms with E-state index in [1.807, 2.05) is 31.2 Å². The normalized spacial score (nSPS) is 11.6. The molecule has 2 heterocycles. The maximum absolute atomic E-state index is 12.5. The standard InChI is InChI=1S/C19H13BrN4O2/c1-11-2-5-16-13(8-11)9-12(19-21-22-23-24(16)19)3-6-17(25)15-10-14(20)4-7-18(15)26/h2-10,26H,1H3/b6-3+. The lowest BCUT2D eigenvalue weighted by Gasteiger charge is -2.04. The van der Waals surface area contributed by atoms with E-state index in [-0.39, 0.29) is 17.1 Å². The van der Waals surface area contributed by atoms with Crippen molar-refractivity contribution in [2.24, 2.45) is 0 Å². The van der Waals surface area contributed by atoms with Crippen molar-refractivity contribution in [1.82, 2.24) is 20.0 Å². The first-order chi connectivity index (χ1) is 12.5. The number of ketones is 1. The van der Waals surface area contributed by atoms with Gasteiger partial charge in [0.1, 0.15) is 5.75 Å². The number of nitrogens with zero attached hydrogens (tertiary/aromatic N) is 4. The van der Waals surface area contributed by atoms with Crippen LogP contribution >= 0.6 is 15.9 Å². The molecule has 1 N–H and O–H groups in total. The monoisotopic (exact) mass is 408 g/mol. The predicted molar refractivity (Wildman–Crippen MR) is 102 cm³/mol. The number of tetrazole rings is 1. The molecular formula is C19H13BrN4O2. The van der Waals surface area contributed by atoms with Crippen molar-refractivity contribution in [3.63, 3.8) is 0 Å². The molecule has 128 valence electrons. The number of benzene rings is 2. The molecule has 4 rings (SSSR count). The van der Waals surface area contributed by atoms with Gasteiger partial charge in [-0.25, -0.2) is 0 Å². The topological polar surface area (TPSA) is 80.4 Å². The van der Waals surface area contributed by atoms with Crippen LogP contribution in [0, 0.1) is 6.92 Å². The molecule has 26 heavy (non-hydrogen) atoms. The molecule has 2 aromatic heterocycles. The molecule has 6 nitrogen and oxygen atoms in total. The molecule has 0 unspecified atom stereocenters. The number of halogens is 1. The first-order valence-electron chi connectivity index (χ1n) is 7.85. The molecule has 0 aliphatic heterocycles. The third-order valence-electron chi connectivity index (χ3n) is 4.09. The van der Waals surface area contributed by atoms with Crippen molar-refractivity contribution in [2.75, 3.05) is 0 Å². The van der Waals surface area contributed by atoms with Crippen molar-refractivity contribution in [3.8, 4) is 5.75 Å². The Hall–Kier alpha value is -3.06. The number of aromatic hydroxyl groups is 1. The van der Waals surface area contributed by atoms with Crippen LogP contribution in [-0.4, -0.2) is 30.9 Å². The fraction of sp³-hybridized carbons (Fsp3) is 0.0526. The molecule has 0 bridgehead atoms. The zero-order valence-corrected chi connectivity index (χ0v) is 15.3. The van der Waals surface area contributed by atoms with Crippen molar-refractivity contribution in [3.05, 3.63) is 69.7 Å². The molecule has 7 heteroatoms. The van der Waals surface area contributed by atoms with Gasteiger partial charge in [-0.1, -0.05) is 27.6 Å². The lowest BCUT2D eigenvalue weighted by Crippen LogP contribution is -1.96. The quantitative estimate of drug-likeness (QED) is 0.410. The van der Waals surface area contributed by atoms with Gasteiger partial charge in [0.25, 0.3) is 0 Å². The van der Waals surface area contributed by atoms with Gasteiger partial charge in [0.05, 0.1) is 11.1 Å². The van der Waals surface area contributed by atoms with Crippen molar-refractivity contribution in [2.45, 2.75) is 6.92 Å². The number of phenols is 1. The average molecular weight is 409 g/mol. The summed E-state index contributed by atoms with van der Waals surface area (Å²) in [7, 11) is 0. The molecule has 0 aliphatic carbocycles. The van der Waals surface area contributed by atoms with E-state index >= 15 is 0 Å². The SMILES string of the molecule is Cc1ccc2c(c1)cc(/C=C/C(=O)c1cc(Br)ccc1O)c1nnnn12. The number of allylic oxidation sites excluding steroid dienone is 1. The first-order valence-corrected chi connectivity index (χ1v) is 8.64. The highest BCUT2D eigenvalue weighted by atomic mass is 79.9. The largest absolute Gasteiger partial charge is 0.507 e. The van der Waals surface area contributed by atoms with Gasteiger partial charge in [0.15, 0.2) is 11.4 Å². The van der Waals surface area contributed by atoms with Crippen molar-refractivity contribution in [1.29, 1.82) is 0 Å². The number of phenolic OH excluding ortho intramolecular Hbond substituents is 1. The third-order valence-corrected chi connectivity index (χ3v) is 4.58. The molecule has 4 aromatic rings. The molecule has 0 fully saturated rings. The van der Waals surface area contributed by atoms with Crippen LogP contribution in [0.1, 0.15) is 21.5 Å². The van der Waals surface area contributed by atoms with E-state index in [0.29, 0.717) is 5.65 Å². The number of carbonyl (C=O) groups is 1. The smallest absolute Gasteiger partial charge is 0.189 e. The molecule has 2 aromatic carbocycles. The highest BCUT2D eigenvalue weighted by Gasteiger charge is 2.11. The van der Waals surface area contributed by atoms with Gasteiger partial charge in [-0.05, 0) is 65.9 Å². The number of aryl methyl sites for hydroxylation is 1. The summed E-state index contributed by atoms with van der Waals surface area (Å²) in [6.07, 6.45) is 3.07. The molecular weight excluding hydrogens is 396 g/mol. The zero-order chi connectivity index (χ0) is 18.3. The minimum Gasteiger partial charge on any atom is -0.507 e. The Morgan fingerprint density at radius 2 is 2.04 bits per heavy atom. The maximum Gasteiger partial charge on any atom is 0.189 e. The second-order valence-electron chi connectivity index (χ2n) is 5.94. The number of hydrogen-bond donors (Lipinski definition) is 1.